The molecule has 0 radical (unpaired) electrons. The average Bonchev–Trinajstić information content (AvgIpc) is 2.72. The van der Waals surface area contributed by atoms with Crippen LogP contribution in [0, 0.1) is 0 Å². The van der Waals surface area contributed by atoms with Gasteiger partial charge in [-0.2, -0.15) is 0 Å². The molecule has 0 saturated carbocycles. The van der Waals surface area contributed by atoms with Crippen LogP contribution in [-0.2, 0) is 6.54 Å². The van der Waals surface area contributed by atoms with Crippen LogP contribution in [0.2, 0.25) is 0 Å². The molecule has 0 unspecified atom stereocenters. The molecule has 6 nitrogen and oxygen atoms in total. The first-order valence-corrected chi connectivity index (χ1v) is 8.07. The van der Waals surface area contributed by atoms with Gasteiger partial charge in [-0.15, -0.1) is 0 Å². The lowest BCUT2D eigenvalue weighted by Crippen LogP contribution is -2.23. The quantitative estimate of drug-likeness (QED) is 0.740. The summed E-state index contributed by atoms with van der Waals surface area (Å²) in [5.41, 5.74) is 3.14. The van der Waals surface area contributed by atoms with Gasteiger partial charge in [-0.1, -0.05) is 6.07 Å². The second kappa shape index (κ2) is 8.11. The van der Waals surface area contributed by atoms with Gasteiger partial charge in [0.2, 0.25) is 0 Å². The number of aromatic nitrogens is 2. The molecule has 0 atom stereocenters. The van der Waals surface area contributed by atoms with E-state index in [0.717, 1.165) is 16.8 Å². The van der Waals surface area contributed by atoms with E-state index < -0.39 is 0 Å². The Morgan fingerprint density at radius 2 is 1.96 bits per heavy atom. The molecule has 1 amide bonds. The lowest BCUT2D eigenvalue weighted by Gasteiger charge is -2.11. The van der Waals surface area contributed by atoms with E-state index in [0.29, 0.717) is 23.6 Å². The molecule has 132 valence electrons. The van der Waals surface area contributed by atoms with Crippen LogP contribution in [0.4, 0.5) is 0 Å². The molecule has 0 saturated heterocycles. The highest BCUT2D eigenvalue weighted by Crippen LogP contribution is 2.24. The summed E-state index contributed by atoms with van der Waals surface area (Å²) in [6.45, 7) is 0.369. The summed E-state index contributed by atoms with van der Waals surface area (Å²) in [6.07, 6.45) is 5.23. The van der Waals surface area contributed by atoms with Crippen LogP contribution in [0.25, 0.3) is 11.3 Å². The predicted molar refractivity (Wildman–Crippen MR) is 98.2 cm³/mol. The van der Waals surface area contributed by atoms with Crippen molar-refractivity contribution in [2.75, 3.05) is 14.2 Å². The summed E-state index contributed by atoms with van der Waals surface area (Å²) in [6, 6.07) is 12.7. The van der Waals surface area contributed by atoms with Crippen molar-refractivity contribution in [3.05, 3.63) is 72.2 Å². The number of benzene rings is 1. The van der Waals surface area contributed by atoms with E-state index in [9.17, 15) is 4.79 Å². The van der Waals surface area contributed by atoms with Gasteiger partial charge in [-0.3, -0.25) is 14.8 Å². The Bertz CT molecular complexity index is 881. The van der Waals surface area contributed by atoms with E-state index in [4.69, 9.17) is 9.47 Å². The summed E-state index contributed by atoms with van der Waals surface area (Å²) in [4.78, 5) is 20.9. The van der Waals surface area contributed by atoms with E-state index in [1.807, 2.05) is 24.3 Å². The molecule has 0 aliphatic rings. The molecule has 0 aliphatic heterocycles. The Morgan fingerprint density at radius 3 is 2.62 bits per heavy atom. The maximum atomic E-state index is 12.4. The third-order valence-electron chi connectivity index (χ3n) is 3.89. The van der Waals surface area contributed by atoms with E-state index in [2.05, 4.69) is 15.3 Å². The molecular weight excluding hydrogens is 330 g/mol. The molecule has 3 aromatic rings. The van der Waals surface area contributed by atoms with E-state index in [1.54, 1.807) is 43.9 Å². The van der Waals surface area contributed by atoms with Crippen LogP contribution in [-0.4, -0.2) is 30.1 Å². The van der Waals surface area contributed by atoms with Crippen molar-refractivity contribution in [1.29, 1.82) is 0 Å². The van der Waals surface area contributed by atoms with Gasteiger partial charge in [0.05, 0.1) is 25.5 Å². The fraction of sp³-hybridized carbons (Fsp3) is 0.150. The zero-order valence-corrected chi connectivity index (χ0v) is 14.6. The number of carbonyl (C=O) groups excluding carboxylic acids is 1. The molecule has 0 aliphatic carbocycles. The number of nitrogens with one attached hydrogen (secondary N) is 1. The molecule has 0 bridgehead atoms. The Kier molecular flexibility index (Phi) is 5.43. The number of nitrogens with zero attached hydrogens (tertiary/aromatic N) is 2. The summed E-state index contributed by atoms with van der Waals surface area (Å²) >= 11 is 0. The SMILES string of the molecule is COc1ccc(C(=O)NCc2ccc(-c3cccnc3)nc2)c(OC)c1. The molecule has 6 heteroatoms. The van der Waals surface area contributed by atoms with Crippen molar-refractivity contribution in [3.8, 4) is 22.8 Å². The zero-order chi connectivity index (χ0) is 18.4. The normalized spacial score (nSPS) is 10.2. The number of hydrogen-bond acceptors (Lipinski definition) is 5. The fourth-order valence-electron chi connectivity index (χ4n) is 2.48. The molecule has 0 spiro atoms. The van der Waals surface area contributed by atoms with Gasteiger partial charge >= 0.3 is 0 Å². The van der Waals surface area contributed by atoms with Crippen molar-refractivity contribution < 1.29 is 14.3 Å². The first kappa shape index (κ1) is 17.4. The number of rotatable bonds is 6. The maximum absolute atomic E-state index is 12.4. The minimum absolute atomic E-state index is 0.221. The van der Waals surface area contributed by atoms with Crippen LogP contribution in [0.5, 0.6) is 11.5 Å². The van der Waals surface area contributed by atoms with Gasteiger partial charge in [0.15, 0.2) is 0 Å². The minimum atomic E-state index is -0.221. The number of amides is 1. The molecule has 26 heavy (non-hydrogen) atoms. The van der Waals surface area contributed by atoms with E-state index in [1.165, 1.54) is 7.11 Å². The van der Waals surface area contributed by atoms with Crippen LogP contribution >= 0.6 is 0 Å². The monoisotopic (exact) mass is 349 g/mol. The number of ether oxygens (including phenoxy) is 2. The van der Waals surface area contributed by atoms with Crippen LogP contribution in [0.3, 0.4) is 0 Å². The topological polar surface area (TPSA) is 73.3 Å². The number of pyridine rings is 2. The van der Waals surface area contributed by atoms with Crippen molar-refractivity contribution in [1.82, 2.24) is 15.3 Å². The number of carbonyl (C=O) groups is 1. The summed E-state index contributed by atoms with van der Waals surface area (Å²) in [5, 5.41) is 2.87. The first-order valence-electron chi connectivity index (χ1n) is 8.07. The average molecular weight is 349 g/mol. The molecule has 2 aromatic heterocycles. The highest BCUT2D eigenvalue weighted by atomic mass is 16.5. The molecule has 0 fully saturated rings. The van der Waals surface area contributed by atoms with Gasteiger partial charge in [0, 0.05) is 36.8 Å². The molecule has 1 aromatic carbocycles. The van der Waals surface area contributed by atoms with Crippen molar-refractivity contribution in [2.24, 2.45) is 0 Å². The minimum Gasteiger partial charge on any atom is -0.497 e. The largest absolute Gasteiger partial charge is 0.497 e. The van der Waals surface area contributed by atoms with Gasteiger partial charge < -0.3 is 14.8 Å². The van der Waals surface area contributed by atoms with Crippen LogP contribution in [0.1, 0.15) is 15.9 Å². The van der Waals surface area contributed by atoms with Crippen molar-refractivity contribution >= 4 is 5.91 Å². The van der Waals surface area contributed by atoms with Crippen molar-refractivity contribution in [2.45, 2.75) is 6.54 Å². The molecule has 3 rings (SSSR count). The van der Waals surface area contributed by atoms with Gasteiger partial charge in [0.1, 0.15) is 11.5 Å². The predicted octanol–water partition coefficient (Wildman–Crippen LogP) is 3.09. The summed E-state index contributed by atoms with van der Waals surface area (Å²) in [5.74, 6) is 0.876. The standard InChI is InChI=1S/C20H19N3O3/c1-25-16-6-7-17(19(10-16)26-2)20(24)23-12-14-5-8-18(22-11-14)15-4-3-9-21-13-15/h3-11,13H,12H2,1-2H3,(H,23,24). The molecule has 1 N–H and O–H groups in total. The van der Waals surface area contributed by atoms with Crippen LogP contribution in [0.15, 0.2) is 61.1 Å². The Balaban J connectivity index is 1.66. The van der Waals surface area contributed by atoms with Crippen LogP contribution < -0.4 is 14.8 Å². The van der Waals surface area contributed by atoms with E-state index in [-0.39, 0.29) is 5.91 Å². The van der Waals surface area contributed by atoms with Gasteiger partial charge in [-0.05, 0) is 35.9 Å². The van der Waals surface area contributed by atoms with Gasteiger partial charge in [0.25, 0.3) is 5.91 Å². The Labute approximate surface area is 151 Å². The lowest BCUT2D eigenvalue weighted by atomic mass is 10.1. The molecular formula is C20H19N3O3. The Hall–Kier alpha value is -3.41. The third-order valence-corrected chi connectivity index (χ3v) is 3.89. The highest BCUT2D eigenvalue weighted by molar-refractivity contribution is 5.97. The van der Waals surface area contributed by atoms with E-state index >= 15 is 0 Å². The summed E-state index contributed by atoms with van der Waals surface area (Å²) < 4.78 is 10.4. The lowest BCUT2D eigenvalue weighted by molar-refractivity contribution is 0.0948. The fourth-order valence-corrected chi connectivity index (χ4v) is 2.48. The number of methoxy groups -OCH3 is 2. The third kappa shape index (κ3) is 3.97. The number of hydrogen-bond donors (Lipinski definition) is 1. The molecule has 2 heterocycles. The second-order valence-corrected chi connectivity index (χ2v) is 5.54. The second-order valence-electron chi connectivity index (χ2n) is 5.54. The highest BCUT2D eigenvalue weighted by Gasteiger charge is 2.13. The zero-order valence-electron chi connectivity index (χ0n) is 14.6. The Morgan fingerprint density at radius 1 is 1.08 bits per heavy atom. The maximum Gasteiger partial charge on any atom is 0.255 e. The summed E-state index contributed by atoms with van der Waals surface area (Å²) in [7, 11) is 3.09. The first-order chi connectivity index (χ1) is 12.7. The van der Waals surface area contributed by atoms with Gasteiger partial charge in [-0.25, -0.2) is 0 Å². The smallest absolute Gasteiger partial charge is 0.255 e. The van der Waals surface area contributed by atoms with Crippen molar-refractivity contribution in [3.63, 3.8) is 0 Å².